The van der Waals surface area contributed by atoms with Crippen LogP contribution < -0.4 is 15.4 Å². The molecule has 4 heterocycles. The molecule has 1 unspecified atom stereocenters. The van der Waals surface area contributed by atoms with Crippen molar-refractivity contribution in [2.45, 2.75) is 51.1 Å². The van der Waals surface area contributed by atoms with Crippen LogP contribution in [0.2, 0.25) is 0 Å². The van der Waals surface area contributed by atoms with Gasteiger partial charge in [0.25, 0.3) is 5.56 Å². The van der Waals surface area contributed by atoms with E-state index in [4.69, 9.17) is 4.74 Å². The lowest BCUT2D eigenvalue weighted by Crippen LogP contribution is -2.46. The third kappa shape index (κ3) is 5.05. The van der Waals surface area contributed by atoms with Crippen LogP contribution in [0.1, 0.15) is 49.1 Å². The molecule has 0 spiro atoms. The van der Waals surface area contributed by atoms with Crippen LogP contribution in [-0.2, 0) is 11.8 Å². The van der Waals surface area contributed by atoms with Crippen molar-refractivity contribution in [3.8, 4) is 12.1 Å². The molecule has 1 saturated heterocycles. The maximum absolute atomic E-state index is 13.8. The quantitative estimate of drug-likeness (QED) is 0.443. The van der Waals surface area contributed by atoms with E-state index in [0.29, 0.717) is 28.3 Å². The van der Waals surface area contributed by atoms with Crippen molar-refractivity contribution in [2.75, 3.05) is 36.6 Å². The van der Waals surface area contributed by atoms with Crippen molar-refractivity contribution >= 4 is 22.4 Å². The zero-order chi connectivity index (χ0) is 27.7. The van der Waals surface area contributed by atoms with Gasteiger partial charge in [0.1, 0.15) is 28.9 Å². The molecule has 39 heavy (non-hydrogen) atoms. The largest absolute Gasteiger partial charge is 0.381 e. The number of hydrogen-bond donors (Lipinski definition) is 0. The van der Waals surface area contributed by atoms with E-state index in [1.165, 1.54) is 10.6 Å². The SMILES string of the molecule is Cc1nc(F)ccc1N(CC1CCOC1)C1CCC(N(C)c2c(C#N)c(=O)n(C)c3ccc(C#N)nc23)CC1. The normalized spacial score (nSPS) is 20.9. The molecule has 3 aromatic rings. The number of aryl methyl sites for hydroxylation is 2. The van der Waals surface area contributed by atoms with Gasteiger partial charge in [-0.25, -0.2) is 9.97 Å². The minimum Gasteiger partial charge on any atom is -0.381 e. The number of rotatable bonds is 6. The molecule has 1 saturated carbocycles. The lowest BCUT2D eigenvalue weighted by molar-refractivity contribution is 0.185. The van der Waals surface area contributed by atoms with Gasteiger partial charge in [-0.15, -0.1) is 0 Å². The van der Waals surface area contributed by atoms with Gasteiger partial charge < -0.3 is 19.1 Å². The Hall–Kier alpha value is -4.02. The van der Waals surface area contributed by atoms with E-state index in [2.05, 4.69) is 27.0 Å². The van der Waals surface area contributed by atoms with Crippen LogP contribution in [0.5, 0.6) is 0 Å². The van der Waals surface area contributed by atoms with Crippen LogP contribution >= 0.6 is 0 Å². The Labute approximate surface area is 227 Å². The van der Waals surface area contributed by atoms with Crippen LogP contribution in [0.3, 0.4) is 0 Å². The van der Waals surface area contributed by atoms with Crippen LogP contribution in [0.4, 0.5) is 15.8 Å². The minimum absolute atomic E-state index is 0.0353. The molecule has 2 fully saturated rings. The topological polar surface area (TPSA) is 111 Å². The first-order chi connectivity index (χ1) is 18.8. The van der Waals surface area contributed by atoms with Crippen molar-refractivity contribution in [1.82, 2.24) is 14.5 Å². The molecule has 0 N–H and O–H groups in total. The van der Waals surface area contributed by atoms with E-state index in [-0.39, 0.29) is 28.9 Å². The molecule has 2 aliphatic rings. The van der Waals surface area contributed by atoms with Gasteiger partial charge in [0, 0.05) is 45.2 Å². The van der Waals surface area contributed by atoms with Crippen molar-refractivity contribution in [1.29, 1.82) is 10.5 Å². The monoisotopic (exact) mass is 529 g/mol. The van der Waals surface area contributed by atoms with Gasteiger partial charge in [0.05, 0.1) is 29.2 Å². The smallest absolute Gasteiger partial charge is 0.270 e. The van der Waals surface area contributed by atoms with Gasteiger partial charge in [0.2, 0.25) is 5.95 Å². The summed E-state index contributed by atoms with van der Waals surface area (Å²) in [7, 11) is 3.52. The number of ether oxygens (including phenoxy) is 1. The lowest BCUT2D eigenvalue weighted by atomic mass is 9.88. The second kappa shape index (κ2) is 11.0. The Morgan fingerprint density at radius 3 is 2.46 bits per heavy atom. The third-order valence-electron chi connectivity index (χ3n) is 8.26. The molecular weight excluding hydrogens is 497 g/mol. The fourth-order valence-corrected chi connectivity index (χ4v) is 6.12. The van der Waals surface area contributed by atoms with Crippen molar-refractivity contribution < 1.29 is 9.13 Å². The predicted molar refractivity (Wildman–Crippen MR) is 146 cm³/mol. The predicted octanol–water partition coefficient (Wildman–Crippen LogP) is 3.81. The van der Waals surface area contributed by atoms with E-state index in [9.17, 15) is 19.7 Å². The van der Waals surface area contributed by atoms with Gasteiger partial charge in [0.15, 0.2) is 0 Å². The Kier molecular flexibility index (Phi) is 7.49. The van der Waals surface area contributed by atoms with Crippen LogP contribution in [0.15, 0.2) is 29.1 Å². The average molecular weight is 530 g/mol. The van der Waals surface area contributed by atoms with E-state index >= 15 is 0 Å². The Morgan fingerprint density at radius 2 is 1.82 bits per heavy atom. The second-order valence-electron chi connectivity index (χ2n) is 10.6. The Balaban J connectivity index is 1.43. The van der Waals surface area contributed by atoms with Crippen molar-refractivity contribution in [3.63, 3.8) is 0 Å². The van der Waals surface area contributed by atoms with Gasteiger partial charge in [-0.05, 0) is 63.3 Å². The van der Waals surface area contributed by atoms with E-state index in [0.717, 1.165) is 57.6 Å². The van der Waals surface area contributed by atoms with Crippen molar-refractivity contribution in [2.24, 2.45) is 13.0 Å². The highest BCUT2D eigenvalue weighted by Gasteiger charge is 2.33. The highest BCUT2D eigenvalue weighted by molar-refractivity contribution is 5.92. The number of anilines is 2. The molecule has 0 amide bonds. The molecule has 1 aliphatic carbocycles. The highest BCUT2D eigenvalue weighted by Crippen LogP contribution is 2.36. The maximum atomic E-state index is 13.8. The van der Waals surface area contributed by atoms with Gasteiger partial charge >= 0.3 is 0 Å². The number of aromatic nitrogens is 3. The first-order valence-corrected chi connectivity index (χ1v) is 13.4. The summed E-state index contributed by atoms with van der Waals surface area (Å²) < 4.78 is 20.9. The fraction of sp³-hybridized carbons (Fsp3) is 0.483. The van der Waals surface area contributed by atoms with E-state index in [1.807, 2.05) is 24.9 Å². The molecule has 1 aliphatic heterocycles. The number of nitriles is 2. The Morgan fingerprint density at radius 1 is 1.08 bits per heavy atom. The molecule has 202 valence electrons. The first-order valence-electron chi connectivity index (χ1n) is 13.4. The molecule has 5 rings (SSSR count). The van der Waals surface area contributed by atoms with Gasteiger partial charge in [-0.2, -0.15) is 14.9 Å². The summed E-state index contributed by atoms with van der Waals surface area (Å²) in [5.74, 6) is -0.0613. The van der Waals surface area contributed by atoms with Gasteiger partial charge in [-0.1, -0.05) is 0 Å². The van der Waals surface area contributed by atoms with Crippen LogP contribution in [0, 0.1) is 41.5 Å². The van der Waals surface area contributed by atoms with Crippen LogP contribution in [-0.4, -0.2) is 53.4 Å². The molecule has 0 bridgehead atoms. The lowest BCUT2D eigenvalue weighted by Gasteiger charge is -2.42. The average Bonchev–Trinajstić information content (AvgIpc) is 3.46. The summed E-state index contributed by atoms with van der Waals surface area (Å²) in [5.41, 5.74) is 3.07. The second-order valence-corrected chi connectivity index (χ2v) is 10.6. The number of fused-ring (bicyclic) bond motifs is 1. The standard InChI is InChI=1S/C29H32FN7O2/c1-18-24(10-11-26(30)33-18)37(16-19-12-13-39-17-19)22-7-5-21(6-8-22)35(2)28-23(15-32)29(38)36(3)25-9-4-20(14-31)34-27(25)28/h4,9-11,19,21-22H,5-8,12-13,16-17H2,1-3H3. The fourth-order valence-electron chi connectivity index (χ4n) is 6.12. The maximum Gasteiger partial charge on any atom is 0.270 e. The molecule has 3 aromatic heterocycles. The van der Waals surface area contributed by atoms with Crippen molar-refractivity contribution in [3.05, 3.63) is 57.5 Å². The minimum atomic E-state index is -0.478. The molecule has 1 atom stereocenters. The number of halogens is 1. The molecule has 10 heteroatoms. The molecule has 0 radical (unpaired) electrons. The van der Waals surface area contributed by atoms with E-state index in [1.54, 1.807) is 19.2 Å². The summed E-state index contributed by atoms with van der Waals surface area (Å²) in [6, 6.07) is 11.0. The summed E-state index contributed by atoms with van der Waals surface area (Å²) in [5, 5.41) is 19.4. The number of hydrogen-bond acceptors (Lipinski definition) is 8. The summed E-state index contributed by atoms with van der Waals surface area (Å²) in [4.78, 5) is 26.0. The van der Waals surface area contributed by atoms with E-state index < -0.39 is 5.95 Å². The molecule has 0 aromatic carbocycles. The first kappa shape index (κ1) is 26.6. The summed E-state index contributed by atoms with van der Waals surface area (Å²) in [6.07, 6.45) is 4.47. The van der Waals surface area contributed by atoms with Gasteiger partial charge in [-0.3, -0.25) is 4.79 Å². The Bertz CT molecular complexity index is 1530. The molecule has 9 nitrogen and oxygen atoms in total. The van der Waals surface area contributed by atoms with Crippen LogP contribution in [0.25, 0.3) is 11.0 Å². The zero-order valence-corrected chi connectivity index (χ0v) is 22.5. The molecular formula is C29H32FN7O2. The highest BCUT2D eigenvalue weighted by atomic mass is 19.1. The number of nitrogens with zero attached hydrogens (tertiary/aromatic N) is 7. The summed E-state index contributed by atoms with van der Waals surface area (Å²) in [6.45, 7) is 4.18. The summed E-state index contributed by atoms with van der Waals surface area (Å²) >= 11 is 0. The zero-order valence-electron chi connectivity index (χ0n) is 22.5. The number of pyridine rings is 3. The third-order valence-corrected chi connectivity index (χ3v) is 8.26.